The van der Waals surface area contributed by atoms with E-state index in [1.807, 2.05) is 16.4 Å². The van der Waals surface area contributed by atoms with Crippen molar-refractivity contribution in [2.75, 3.05) is 16.2 Å². The molecule has 1 amide bonds. The van der Waals surface area contributed by atoms with Gasteiger partial charge in [-0.1, -0.05) is 12.6 Å². The Morgan fingerprint density at radius 2 is 1.92 bits per heavy atom. The monoisotopic (exact) mass is 378 g/mol. The number of hydrogen-bond acceptors (Lipinski definition) is 3. The Morgan fingerprint density at radius 3 is 2.58 bits per heavy atom. The number of carbonyl (C=O) groups excluding carboxylic acids is 1. The number of carbonyl (C=O) groups is 1. The van der Waals surface area contributed by atoms with Crippen LogP contribution in [-0.2, 0) is 17.4 Å². The van der Waals surface area contributed by atoms with E-state index in [0.717, 1.165) is 29.4 Å². The molecule has 2 aromatic carbocycles. The molecule has 2 aromatic rings. The molecule has 0 saturated heterocycles. The third-order valence-electron chi connectivity index (χ3n) is 4.01. The normalized spacial score (nSPS) is 13.9. The minimum Gasteiger partial charge on any atom is -0.323 e. The highest BCUT2D eigenvalue weighted by molar-refractivity contribution is 8.00. The number of benzene rings is 2. The van der Waals surface area contributed by atoms with Gasteiger partial charge in [-0.2, -0.15) is 13.2 Å². The summed E-state index contributed by atoms with van der Waals surface area (Å²) in [5, 5.41) is 2.66. The molecule has 0 saturated carbocycles. The second kappa shape index (κ2) is 7.45. The van der Waals surface area contributed by atoms with Gasteiger partial charge >= 0.3 is 6.18 Å². The number of hydrogen-bond donors (Lipinski definition) is 1. The lowest BCUT2D eigenvalue weighted by Gasteiger charge is -2.30. The standard InChI is InChI=1S/C19H17F3N2OS/c1-2-18(25)23-15-7-9-16(10-8-15)26-24-11-3-4-13-5-6-14(12-17(13)24)19(20,21)22/h2,5-10,12H,1,3-4,11H2,(H,23,25). The Bertz CT molecular complexity index is 819. The third-order valence-corrected chi connectivity index (χ3v) is 5.09. The van der Waals surface area contributed by atoms with Crippen LogP contribution in [0.5, 0.6) is 0 Å². The first-order valence-corrected chi connectivity index (χ1v) is 8.83. The first kappa shape index (κ1) is 18.4. The van der Waals surface area contributed by atoms with Crippen LogP contribution in [0.15, 0.2) is 60.0 Å². The molecule has 0 radical (unpaired) electrons. The molecule has 7 heteroatoms. The van der Waals surface area contributed by atoms with E-state index >= 15 is 0 Å². The van der Waals surface area contributed by atoms with Gasteiger partial charge in [-0.25, -0.2) is 0 Å². The Kier molecular flexibility index (Phi) is 5.27. The molecule has 1 aliphatic heterocycles. The summed E-state index contributed by atoms with van der Waals surface area (Å²) in [5.41, 5.74) is 1.54. The minimum absolute atomic E-state index is 0.296. The molecule has 0 aliphatic carbocycles. The van der Waals surface area contributed by atoms with Gasteiger partial charge < -0.3 is 9.62 Å². The molecule has 136 valence electrons. The summed E-state index contributed by atoms with van der Waals surface area (Å²) < 4.78 is 41.0. The summed E-state index contributed by atoms with van der Waals surface area (Å²) in [6.07, 6.45) is -1.50. The van der Waals surface area contributed by atoms with Gasteiger partial charge in [0.2, 0.25) is 5.91 Å². The van der Waals surface area contributed by atoms with Gasteiger partial charge in [0.25, 0.3) is 0 Å². The fraction of sp³-hybridized carbons (Fsp3) is 0.211. The predicted octanol–water partition coefficient (Wildman–Crippen LogP) is 5.29. The van der Waals surface area contributed by atoms with Gasteiger partial charge in [0.1, 0.15) is 0 Å². The van der Waals surface area contributed by atoms with E-state index in [2.05, 4.69) is 11.9 Å². The number of fused-ring (bicyclic) bond motifs is 1. The maximum absolute atomic E-state index is 13.0. The Hall–Kier alpha value is -2.41. The van der Waals surface area contributed by atoms with Crippen molar-refractivity contribution >= 4 is 29.2 Å². The molecular weight excluding hydrogens is 361 g/mol. The van der Waals surface area contributed by atoms with Crippen molar-refractivity contribution in [2.45, 2.75) is 23.9 Å². The molecule has 0 unspecified atom stereocenters. The molecule has 1 heterocycles. The summed E-state index contributed by atoms with van der Waals surface area (Å²) in [7, 11) is 0. The molecule has 0 fully saturated rings. The number of alkyl halides is 3. The number of nitrogens with zero attached hydrogens (tertiary/aromatic N) is 1. The van der Waals surface area contributed by atoms with E-state index in [-0.39, 0.29) is 5.91 Å². The van der Waals surface area contributed by atoms with E-state index < -0.39 is 11.7 Å². The Labute approximate surface area is 154 Å². The second-order valence-corrected chi connectivity index (χ2v) is 6.95. The number of amides is 1. The van der Waals surface area contributed by atoms with Crippen LogP contribution in [0.4, 0.5) is 24.5 Å². The van der Waals surface area contributed by atoms with E-state index in [0.29, 0.717) is 17.9 Å². The van der Waals surface area contributed by atoms with E-state index in [4.69, 9.17) is 0 Å². The van der Waals surface area contributed by atoms with Crippen LogP contribution in [0.25, 0.3) is 0 Å². The number of aryl methyl sites for hydroxylation is 1. The van der Waals surface area contributed by atoms with Crippen LogP contribution in [0.1, 0.15) is 17.5 Å². The smallest absolute Gasteiger partial charge is 0.323 e. The molecule has 3 nitrogen and oxygen atoms in total. The van der Waals surface area contributed by atoms with Crippen LogP contribution in [0.2, 0.25) is 0 Å². The molecule has 1 N–H and O–H groups in total. The largest absolute Gasteiger partial charge is 0.416 e. The van der Waals surface area contributed by atoms with Gasteiger partial charge in [-0.05, 0) is 72.8 Å². The summed E-state index contributed by atoms with van der Waals surface area (Å²) in [6, 6.07) is 11.1. The Morgan fingerprint density at radius 1 is 1.19 bits per heavy atom. The van der Waals surface area contributed by atoms with Crippen molar-refractivity contribution in [2.24, 2.45) is 0 Å². The lowest BCUT2D eigenvalue weighted by molar-refractivity contribution is -0.137. The van der Waals surface area contributed by atoms with E-state index in [1.165, 1.54) is 24.1 Å². The van der Waals surface area contributed by atoms with Crippen LogP contribution < -0.4 is 9.62 Å². The fourth-order valence-corrected chi connectivity index (χ4v) is 3.73. The Balaban J connectivity index is 1.79. The lowest BCUT2D eigenvalue weighted by Crippen LogP contribution is -2.23. The van der Waals surface area contributed by atoms with Crippen LogP contribution in [0, 0.1) is 0 Å². The van der Waals surface area contributed by atoms with Gasteiger partial charge in [-0.3, -0.25) is 4.79 Å². The molecule has 0 spiro atoms. The molecule has 3 rings (SSSR count). The van der Waals surface area contributed by atoms with Crippen molar-refractivity contribution in [1.29, 1.82) is 0 Å². The number of anilines is 2. The zero-order valence-electron chi connectivity index (χ0n) is 13.8. The van der Waals surface area contributed by atoms with E-state index in [9.17, 15) is 18.0 Å². The average molecular weight is 378 g/mol. The highest BCUT2D eigenvalue weighted by Gasteiger charge is 2.32. The quantitative estimate of drug-likeness (QED) is 0.580. The van der Waals surface area contributed by atoms with Crippen molar-refractivity contribution in [3.05, 3.63) is 66.2 Å². The maximum Gasteiger partial charge on any atom is 0.416 e. The van der Waals surface area contributed by atoms with Gasteiger partial charge in [-0.15, -0.1) is 0 Å². The van der Waals surface area contributed by atoms with Crippen molar-refractivity contribution in [1.82, 2.24) is 0 Å². The summed E-state index contributed by atoms with van der Waals surface area (Å²) in [6.45, 7) is 4.07. The number of nitrogens with one attached hydrogen (secondary N) is 1. The summed E-state index contributed by atoms with van der Waals surface area (Å²) >= 11 is 1.39. The van der Waals surface area contributed by atoms with Crippen molar-refractivity contribution < 1.29 is 18.0 Å². The van der Waals surface area contributed by atoms with Crippen LogP contribution >= 0.6 is 11.9 Å². The fourth-order valence-electron chi connectivity index (χ4n) is 2.73. The molecule has 1 aliphatic rings. The van der Waals surface area contributed by atoms with Crippen LogP contribution in [-0.4, -0.2) is 12.5 Å². The zero-order valence-corrected chi connectivity index (χ0v) is 14.7. The highest BCUT2D eigenvalue weighted by Crippen LogP contribution is 2.39. The number of rotatable bonds is 4. The topological polar surface area (TPSA) is 32.3 Å². The summed E-state index contributed by atoms with van der Waals surface area (Å²) in [5.74, 6) is -0.296. The molecule has 26 heavy (non-hydrogen) atoms. The predicted molar refractivity (Wildman–Crippen MR) is 98.2 cm³/mol. The average Bonchev–Trinajstić information content (AvgIpc) is 2.62. The molecular formula is C19H17F3N2OS. The van der Waals surface area contributed by atoms with Crippen LogP contribution in [0.3, 0.4) is 0 Å². The zero-order chi connectivity index (χ0) is 18.7. The van der Waals surface area contributed by atoms with E-state index in [1.54, 1.807) is 18.2 Å². The second-order valence-electron chi connectivity index (χ2n) is 5.86. The number of halogens is 3. The maximum atomic E-state index is 13.0. The molecule has 0 aromatic heterocycles. The molecule has 0 bridgehead atoms. The van der Waals surface area contributed by atoms with Gasteiger partial charge in [0.15, 0.2) is 0 Å². The van der Waals surface area contributed by atoms with Gasteiger partial charge in [0, 0.05) is 17.1 Å². The highest BCUT2D eigenvalue weighted by atomic mass is 32.2. The van der Waals surface area contributed by atoms with Crippen molar-refractivity contribution in [3.63, 3.8) is 0 Å². The third kappa shape index (κ3) is 4.22. The first-order valence-electron chi connectivity index (χ1n) is 8.06. The molecule has 0 atom stereocenters. The minimum atomic E-state index is -4.35. The van der Waals surface area contributed by atoms with Gasteiger partial charge in [0.05, 0.1) is 11.3 Å². The SMILES string of the molecule is C=CC(=O)Nc1ccc(SN2CCCc3ccc(C(F)(F)F)cc32)cc1. The lowest BCUT2D eigenvalue weighted by atomic mass is 10.0. The van der Waals surface area contributed by atoms with Crippen molar-refractivity contribution in [3.8, 4) is 0 Å². The first-order chi connectivity index (χ1) is 12.4. The summed E-state index contributed by atoms with van der Waals surface area (Å²) in [4.78, 5) is 12.2.